The van der Waals surface area contributed by atoms with Crippen LogP contribution in [0.25, 0.3) is 0 Å². The second-order valence-electron chi connectivity index (χ2n) is 3.14. The van der Waals surface area contributed by atoms with Gasteiger partial charge >= 0.3 is 0 Å². The van der Waals surface area contributed by atoms with E-state index in [4.69, 9.17) is 5.73 Å². The summed E-state index contributed by atoms with van der Waals surface area (Å²) in [6.07, 6.45) is 2.51. The number of pyridine rings is 1. The maximum absolute atomic E-state index is 5.33. The van der Waals surface area contributed by atoms with Crippen LogP contribution in [0.2, 0.25) is 0 Å². The highest BCUT2D eigenvalue weighted by Gasteiger charge is 1.94. The third-order valence-electron chi connectivity index (χ3n) is 1.71. The van der Waals surface area contributed by atoms with Crippen molar-refractivity contribution < 1.29 is 0 Å². The van der Waals surface area contributed by atoms with Crippen LogP contribution in [-0.2, 0) is 0 Å². The maximum Gasteiger partial charge on any atom is 0.128 e. The van der Waals surface area contributed by atoms with E-state index in [1.807, 2.05) is 31.1 Å². The number of hydrogen-bond donors (Lipinski definition) is 1. The van der Waals surface area contributed by atoms with Crippen LogP contribution >= 0.6 is 0 Å². The Hall–Kier alpha value is -1.53. The van der Waals surface area contributed by atoms with Gasteiger partial charge in [-0.2, -0.15) is 0 Å². The summed E-state index contributed by atoms with van der Waals surface area (Å²) in [5.41, 5.74) is 6.27. The van der Waals surface area contributed by atoms with Crippen molar-refractivity contribution in [2.75, 3.05) is 25.5 Å². The third-order valence-corrected chi connectivity index (χ3v) is 1.71. The molecule has 3 heteroatoms. The molecule has 1 rings (SSSR count). The molecule has 1 aromatic rings. The van der Waals surface area contributed by atoms with Gasteiger partial charge in [-0.25, -0.2) is 4.98 Å². The molecule has 0 spiro atoms. The zero-order chi connectivity index (χ0) is 10.4. The van der Waals surface area contributed by atoms with Gasteiger partial charge in [0.2, 0.25) is 0 Å². The Morgan fingerprint density at radius 2 is 2.21 bits per heavy atom. The van der Waals surface area contributed by atoms with E-state index in [2.05, 4.69) is 16.8 Å². The lowest BCUT2D eigenvalue weighted by molar-refractivity contribution is 1.03. The molecule has 0 aliphatic heterocycles. The van der Waals surface area contributed by atoms with Crippen LogP contribution in [0.4, 0.5) is 5.82 Å². The summed E-state index contributed by atoms with van der Waals surface area (Å²) in [5.74, 6) is 6.91. The lowest BCUT2D eigenvalue weighted by Crippen LogP contribution is -2.10. The Labute approximate surface area is 84.9 Å². The zero-order valence-corrected chi connectivity index (χ0v) is 8.62. The van der Waals surface area contributed by atoms with E-state index in [1.165, 1.54) is 0 Å². The second kappa shape index (κ2) is 5.25. The van der Waals surface area contributed by atoms with Crippen LogP contribution in [0.3, 0.4) is 0 Å². The molecule has 0 aliphatic carbocycles. The average molecular weight is 189 g/mol. The zero-order valence-electron chi connectivity index (χ0n) is 8.62. The topological polar surface area (TPSA) is 42.1 Å². The summed E-state index contributed by atoms with van der Waals surface area (Å²) < 4.78 is 0. The molecule has 74 valence electrons. The molecule has 0 amide bonds. The highest BCUT2D eigenvalue weighted by molar-refractivity contribution is 5.41. The van der Waals surface area contributed by atoms with E-state index < -0.39 is 0 Å². The highest BCUT2D eigenvalue weighted by atomic mass is 15.1. The number of anilines is 1. The minimum Gasteiger partial charge on any atom is -0.363 e. The SMILES string of the molecule is CN(C)c1ccc(C#CCCN)cn1. The quantitative estimate of drug-likeness (QED) is 0.701. The fraction of sp³-hybridized carbons (Fsp3) is 0.364. The molecule has 0 atom stereocenters. The molecule has 0 aliphatic rings. The number of rotatable bonds is 2. The third kappa shape index (κ3) is 3.08. The molecule has 1 aromatic heterocycles. The van der Waals surface area contributed by atoms with Gasteiger partial charge in [-0.05, 0) is 12.1 Å². The van der Waals surface area contributed by atoms with Gasteiger partial charge in [0.1, 0.15) is 5.82 Å². The number of nitrogens with two attached hydrogens (primary N) is 1. The fourth-order valence-electron chi connectivity index (χ4n) is 0.961. The minimum atomic E-state index is 0.607. The Kier molecular flexibility index (Phi) is 3.96. The molecule has 0 aromatic carbocycles. The van der Waals surface area contributed by atoms with Crippen LogP contribution in [-0.4, -0.2) is 25.6 Å². The van der Waals surface area contributed by atoms with Gasteiger partial charge in [0.15, 0.2) is 0 Å². The summed E-state index contributed by atoms with van der Waals surface area (Å²) in [6.45, 7) is 0.607. The van der Waals surface area contributed by atoms with Crippen LogP contribution in [0.15, 0.2) is 18.3 Å². The first-order valence-electron chi connectivity index (χ1n) is 4.56. The largest absolute Gasteiger partial charge is 0.363 e. The number of nitrogens with zero attached hydrogens (tertiary/aromatic N) is 2. The van der Waals surface area contributed by atoms with Gasteiger partial charge < -0.3 is 10.6 Å². The van der Waals surface area contributed by atoms with Gasteiger partial charge in [0.25, 0.3) is 0 Å². The molecule has 1 heterocycles. The highest BCUT2D eigenvalue weighted by Crippen LogP contribution is 2.06. The van der Waals surface area contributed by atoms with Crippen LogP contribution < -0.4 is 10.6 Å². The van der Waals surface area contributed by atoms with Crippen molar-refractivity contribution in [2.24, 2.45) is 5.73 Å². The van der Waals surface area contributed by atoms with Gasteiger partial charge in [-0.3, -0.25) is 0 Å². The Bertz CT molecular complexity index is 330. The molecule has 0 saturated carbocycles. The van der Waals surface area contributed by atoms with E-state index in [0.717, 1.165) is 17.8 Å². The van der Waals surface area contributed by atoms with Crippen LogP contribution in [0.5, 0.6) is 0 Å². The van der Waals surface area contributed by atoms with Crippen molar-refractivity contribution in [1.29, 1.82) is 0 Å². The fourth-order valence-corrected chi connectivity index (χ4v) is 0.961. The molecule has 0 bridgehead atoms. The van der Waals surface area contributed by atoms with Gasteiger partial charge in [-0.1, -0.05) is 11.8 Å². The smallest absolute Gasteiger partial charge is 0.128 e. The Balaban J connectivity index is 2.70. The molecule has 2 N–H and O–H groups in total. The van der Waals surface area contributed by atoms with Crippen molar-refractivity contribution >= 4 is 5.82 Å². The van der Waals surface area contributed by atoms with E-state index in [0.29, 0.717) is 6.54 Å². The van der Waals surface area contributed by atoms with Crippen molar-refractivity contribution in [1.82, 2.24) is 4.98 Å². The summed E-state index contributed by atoms with van der Waals surface area (Å²) in [5, 5.41) is 0. The first-order chi connectivity index (χ1) is 6.74. The molecule has 3 nitrogen and oxygen atoms in total. The molecular weight excluding hydrogens is 174 g/mol. The van der Waals surface area contributed by atoms with Gasteiger partial charge in [0, 0.05) is 38.8 Å². The molecule has 0 radical (unpaired) electrons. The number of aromatic nitrogens is 1. The minimum absolute atomic E-state index is 0.607. The van der Waals surface area contributed by atoms with Crippen LogP contribution in [0.1, 0.15) is 12.0 Å². The van der Waals surface area contributed by atoms with Crippen molar-refractivity contribution in [2.45, 2.75) is 6.42 Å². The summed E-state index contributed by atoms with van der Waals surface area (Å²) in [6, 6.07) is 3.91. The molecular formula is C11H15N3. The standard InChI is InChI=1S/C11H15N3/c1-14(2)11-7-6-10(9-13-11)5-3-4-8-12/h6-7,9H,4,8,12H2,1-2H3. The Morgan fingerprint density at radius 3 is 2.71 bits per heavy atom. The average Bonchev–Trinajstić information content (AvgIpc) is 2.19. The molecule has 14 heavy (non-hydrogen) atoms. The van der Waals surface area contributed by atoms with E-state index in [9.17, 15) is 0 Å². The van der Waals surface area contributed by atoms with E-state index >= 15 is 0 Å². The van der Waals surface area contributed by atoms with Crippen LogP contribution in [0, 0.1) is 11.8 Å². The van der Waals surface area contributed by atoms with Gasteiger partial charge in [0.05, 0.1) is 0 Å². The molecule has 0 fully saturated rings. The summed E-state index contributed by atoms with van der Waals surface area (Å²) in [7, 11) is 3.92. The molecule has 0 saturated heterocycles. The second-order valence-corrected chi connectivity index (χ2v) is 3.14. The summed E-state index contributed by atoms with van der Waals surface area (Å²) >= 11 is 0. The molecule has 0 unspecified atom stereocenters. The predicted molar refractivity (Wildman–Crippen MR) is 59.1 cm³/mol. The number of hydrogen-bond acceptors (Lipinski definition) is 3. The Morgan fingerprint density at radius 1 is 1.43 bits per heavy atom. The normalized spacial score (nSPS) is 9.07. The van der Waals surface area contributed by atoms with Gasteiger partial charge in [-0.15, -0.1) is 0 Å². The van der Waals surface area contributed by atoms with E-state index in [-0.39, 0.29) is 0 Å². The lowest BCUT2D eigenvalue weighted by Gasteiger charge is -2.09. The van der Waals surface area contributed by atoms with Crippen molar-refractivity contribution in [3.63, 3.8) is 0 Å². The van der Waals surface area contributed by atoms with Crippen molar-refractivity contribution in [3.8, 4) is 11.8 Å². The van der Waals surface area contributed by atoms with Crippen molar-refractivity contribution in [3.05, 3.63) is 23.9 Å². The first kappa shape index (κ1) is 10.6. The van der Waals surface area contributed by atoms with E-state index in [1.54, 1.807) is 6.20 Å². The lowest BCUT2D eigenvalue weighted by atomic mass is 10.2. The summed E-state index contributed by atoms with van der Waals surface area (Å²) in [4.78, 5) is 6.20. The predicted octanol–water partition coefficient (Wildman–Crippen LogP) is 0.848. The maximum atomic E-state index is 5.33. The monoisotopic (exact) mass is 189 g/mol. The first-order valence-corrected chi connectivity index (χ1v) is 4.56.